The second kappa shape index (κ2) is 7.01. The van der Waals surface area contributed by atoms with Crippen molar-refractivity contribution in [1.29, 1.82) is 0 Å². The first-order valence-corrected chi connectivity index (χ1v) is 6.24. The average molecular weight is 251 g/mol. The van der Waals surface area contributed by atoms with E-state index >= 15 is 0 Å². The van der Waals surface area contributed by atoms with E-state index in [2.05, 4.69) is 13.8 Å². The average Bonchev–Trinajstić information content (AvgIpc) is 2.36. The first kappa shape index (κ1) is 14.5. The highest BCUT2D eigenvalue weighted by molar-refractivity contribution is 5.80. The molecular weight excluding hydrogens is 230 g/mol. The predicted octanol–water partition coefficient (Wildman–Crippen LogP) is 2.02. The van der Waals surface area contributed by atoms with E-state index in [0.717, 1.165) is 18.6 Å². The summed E-state index contributed by atoms with van der Waals surface area (Å²) in [5.41, 5.74) is 5.50. The van der Waals surface area contributed by atoms with Crippen molar-refractivity contribution in [1.82, 2.24) is 0 Å². The number of hydrogen-bond acceptors (Lipinski definition) is 3. The maximum Gasteiger partial charge on any atom is 0.250 e. The van der Waals surface area contributed by atoms with E-state index in [1.165, 1.54) is 0 Å². The van der Waals surface area contributed by atoms with E-state index in [4.69, 9.17) is 10.5 Å². The fraction of sp³-hybridized carbons (Fsp3) is 0.500. The number of nitrogens with two attached hydrogens (primary N) is 1. The van der Waals surface area contributed by atoms with Crippen molar-refractivity contribution < 1.29 is 14.6 Å². The number of aliphatic hydroxyl groups excluding tert-OH is 1. The Morgan fingerprint density at radius 1 is 1.39 bits per heavy atom. The molecule has 2 atom stereocenters. The van der Waals surface area contributed by atoms with Gasteiger partial charge in [-0.3, -0.25) is 4.79 Å². The van der Waals surface area contributed by atoms with Gasteiger partial charge in [0, 0.05) is 0 Å². The number of hydrogen-bond donors (Lipinski definition) is 2. The van der Waals surface area contributed by atoms with E-state index in [1.807, 2.05) is 0 Å². The lowest BCUT2D eigenvalue weighted by atomic mass is 10.1. The number of aliphatic hydroxyl groups is 1. The van der Waals surface area contributed by atoms with Gasteiger partial charge in [0.15, 0.2) is 6.10 Å². The molecule has 1 aromatic rings. The van der Waals surface area contributed by atoms with Gasteiger partial charge in [-0.25, -0.2) is 0 Å². The van der Waals surface area contributed by atoms with Crippen LogP contribution in [0.1, 0.15) is 38.4 Å². The first-order chi connectivity index (χ1) is 8.54. The molecule has 4 nitrogen and oxygen atoms in total. The molecule has 1 aromatic carbocycles. The topological polar surface area (TPSA) is 72.6 Å². The lowest BCUT2D eigenvalue weighted by molar-refractivity contribution is -0.126. The van der Waals surface area contributed by atoms with E-state index in [0.29, 0.717) is 18.1 Å². The summed E-state index contributed by atoms with van der Waals surface area (Å²) in [7, 11) is 0. The number of amides is 1. The Morgan fingerprint density at radius 2 is 2.00 bits per heavy atom. The van der Waals surface area contributed by atoms with E-state index < -0.39 is 12.0 Å². The quantitative estimate of drug-likeness (QED) is 0.778. The Balaban J connectivity index is 2.53. The third-order valence-corrected chi connectivity index (χ3v) is 2.78. The maximum absolute atomic E-state index is 10.8. The van der Waals surface area contributed by atoms with Crippen LogP contribution in [0.3, 0.4) is 0 Å². The molecular formula is C14H21NO3. The molecule has 0 saturated heterocycles. The number of benzene rings is 1. The van der Waals surface area contributed by atoms with Crippen LogP contribution < -0.4 is 10.5 Å². The molecule has 0 aliphatic rings. The molecule has 1 rings (SSSR count). The SMILES string of the molecule is CCCC(C)COc1ccc([C@@H](O)C(N)=O)cc1. The molecule has 0 fully saturated rings. The zero-order valence-electron chi connectivity index (χ0n) is 10.9. The highest BCUT2D eigenvalue weighted by Crippen LogP contribution is 2.18. The lowest BCUT2D eigenvalue weighted by Gasteiger charge is -2.13. The Morgan fingerprint density at radius 3 is 2.50 bits per heavy atom. The van der Waals surface area contributed by atoms with Gasteiger partial charge >= 0.3 is 0 Å². The molecule has 100 valence electrons. The van der Waals surface area contributed by atoms with Gasteiger partial charge in [-0.1, -0.05) is 32.4 Å². The normalized spacial score (nSPS) is 13.9. The molecule has 18 heavy (non-hydrogen) atoms. The molecule has 0 spiro atoms. The summed E-state index contributed by atoms with van der Waals surface area (Å²) in [5.74, 6) is 0.504. The number of primary amides is 1. The Kier molecular flexibility index (Phi) is 5.65. The van der Waals surface area contributed by atoms with Crippen LogP contribution in [0.15, 0.2) is 24.3 Å². The van der Waals surface area contributed by atoms with Crippen molar-refractivity contribution in [2.75, 3.05) is 6.61 Å². The monoisotopic (exact) mass is 251 g/mol. The van der Waals surface area contributed by atoms with Crippen LogP contribution in [-0.4, -0.2) is 17.6 Å². The molecule has 0 aliphatic carbocycles. The van der Waals surface area contributed by atoms with Gasteiger partial charge in [-0.2, -0.15) is 0 Å². The van der Waals surface area contributed by atoms with Crippen molar-refractivity contribution in [3.05, 3.63) is 29.8 Å². The molecule has 4 heteroatoms. The third kappa shape index (κ3) is 4.37. The van der Waals surface area contributed by atoms with Gasteiger partial charge in [-0.15, -0.1) is 0 Å². The Labute approximate surface area is 108 Å². The minimum atomic E-state index is -1.25. The van der Waals surface area contributed by atoms with Crippen LogP contribution in [0.5, 0.6) is 5.75 Å². The molecule has 1 unspecified atom stereocenters. The molecule has 0 aromatic heterocycles. The largest absolute Gasteiger partial charge is 0.493 e. The van der Waals surface area contributed by atoms with E-state index in [-0.39, 0.29) is 0 Å². The van der Waals surface area contributed by atoms with E-state index in [9.17, 15) is 9.90 Å². The summed E-state index contributed by atoms with van der Waals surface area (Å²) in [6, 6.07) is 6.77. The molecule has 1 amide bonds. The van der Waals surface area contributed by atoms with Crippen molar-refractivity contribution in [3.63, 3.8) is 0 Å². The fourth-order valence-electron chi connectivity index (χ4n) is 1.73. The van der Waals surface area contributed by atoms with Gasteiger partial charge in [0.2, 0.25) is 0 Å². The standard InChI is InChI=1S/C14H21NO3/c1-3-4-10(2)9-18-12-7-5-11(6-8-12)13(16)14(15)17/h5-8,10,13,16H,3-4,9H2,1-2H3,(H2,15,17)/t10?,13-/m1/s1. The van der Waals surface area contributed by atoms with Gasteiger partial charge in [-0.05, 0) is 30.0 Å². The Hall–Kier alpha value is -1.55. The smallest absolute Gasteiger partial charge is 0.250 e. The van der Waals surface area contributed by atoms with Gasteiger partial charge in [0.1, 0.15) is 5.75 Å². The number of ether oxygens (including phenoxy) is 1. The summed E-state index contributed by atoms with van der Waals surface area (Å²) in [5, 5.41) is 9.46. The maximum atomic E-state index is 10.8. The van der Waals surface area contributed by atoms with Crippen LogP contribution in [0.25, 0.3) is 0 Å². The zero-order chi connectivity index (χ0) is 13.5. The Bertz CT molecular complexity index is 375. The molecule has 0 radical (unpaired) electrons. The number of carbonyl (C=O) groups is 1. The van der Waals surface area contributed by atoms with Crippen LogP contribution in [0, 0.1) is 5.92 Å². The van der Waals surface area contributed by atoms with Gasteiger partial charge in [0.05, 0.1) is 6.61 Å². The minimum absolute atomic E-state index is 0.483. The molecule has 3 N–H and O–H groups in total. The highest BCUT2D eigenvalue weighted by atomic mass is 16.5. The minimum Gasteiger partial charge on any atom is -0.493 e. The van der Waals surface area contributed by atoms with Crippen molar-refractivity contribution in [3.8, 4) is 5.75 Å². The van der Waals surface area contributed by atoms with E-state index in [1.54, 1.807) is 24.3 Å². The zero-order valence-corrected chi connectivity index (χ0v) is 10.9. The van der Waals surface area contributed by atoms with Gasteiger partial charge < -0.3 is 15.6 Å². The summed E-state index contributed by atoms with van der Waals surface area (Å²) in [6.07, 6.45) is 1.03. The summed E-state index contributed by atoms with van der Waals surface area (Å²) in [4.78, 5) is 10.8. The van der Waals surface area contributed by atoms with Crippen molar-refractivity contribution >= 4 is 5.91 Å². The second-order valence-electron chi connectivity index (χ2n) is 4.58. The predicted molar refractivity (Wildman–Crippen MR) is 70.2 cm³/mol. The van der Waals surface area contributed by atoms with Gasteiger partial charge in [0.25, 0.3) is 5.91 Å². The van der Waals surface area contributed by atoms with Crippen LogP contribution in [-0.2, 0) is 4.79 Å². The second-order valence-corrected chi connectivity index (χ2v) is 4.58. The number of rotatable bonds is 7. The van der Waals surface area contributed by atoms with Crippen molar-refractivity contribution in [2.24, 2.45) is 11.7 Å². The van der Waals surface area contributed by atoms with Crippen LogP contribution in [0.4, 0.5) is 0 Å². The molecule has 0 saturated carbocycles. The molecule has 0 heterocycles. The van der Waals surface area contributed by atoms with Crippen LogP contribution >= 0.6 is 0 Å². The third-order valence-electron chi connectivity index (χ3n) is 2.78. The molecule has 0 aliphatic heterocycles. The lowest BCUT2D eigenvalue weighted by Crippen LogP contribution is -2.20. The fourth-order valence-corrected chi connectivity index (χ4v) is 1.73. The van der Waals surface area contributed by atoms with Crippen molar-refractivity contribution in [2.45, 2.75) is 32.8 Å². The summed E-state index contributed by atoms with van der Waals surface area (Å²) < 4.78 is 5.62. The van der Waals surface area contributed by atoms with Crippen LogP contribution in [0.2, 0.25) is 0 Å². The first-order valence-electron chi connectivity index (χ1n) is 6.24. The number of carbonyl (C=O) groups excluding carboxylic acids is 1. The molecule has 0 bridgehead atoms. The summed E-state index contributed by atoms with van der Waals surface area (Å²) in [6.45, 7) is 4.97. The summed E-state index contributed by atoms with van der Waals surface area (Å²) >= 11 is 0. The highest BCUT2D eigenvalue weighted by Gasteiger charge is 2.13.